The second kappa shape index (κ2) is 6.44. The van der Waals surface area contributed by atoms with Crippen LogP contribution < -0.4 is 0 Å². The Morgan fingerprint density at radius 2 is 2.09 bits per heavy atom. The zero-order chi connectivity index (χ0) is 16.4. The maximum atomic E-state index is 13.8. The summed E-state index contributed by atoms with van der Waals surface area (Å²) in [5.74, 6) is 0.0933. The van der Waals surface area contributed by atoms with E-state index < -0.39 is 5.82 Å². The van der Waals surface area contributed by atoms with Crippen molar-refractivity contribution in [2.24, 2.45) is 5.10 Å². The van der Waals surface area contributed by atoms with Crippen molar-refractivity contribution in [2.75, 3.05) is 0 Å². The number of nitrogens with one attached hydrogen (secondary N) is 1. The van der Waals surface area contributed by atoms with Crippen molar-refractivity contribution >= 4 is 30.0 Å². The van der Waals surface area contributed by atoms with Gasteiger partial charge in [0.1, 0.15) is 5.82 Å². The van der Waals surface area contributed by atoms with Gasteiger partial charge in [-0.3, -0.25) is 0 Å². The van der Waals surface area contributed by atoms with Crippen LogP contribution in [0.3, 0.4) is 0 Å². The number of rotatable bonds is 3. The van der Waals surface area contributed by atoms with E-state index in [2.05, 4.69) is 15.3 Å². The smallest absolute Gasteiger partial charge is 0.216 e. The Labute approximate surface area is 142 Å². The third kappa shape index (κ3) is 3.23. The number of halogens is 2. The molecule has 116 valence electrons. The Hall–Kier alpha value is -2.31. The molecule has 0 saturated heterocycles. The third-order valence-electron chi connectivity index (χ3n) is 3.23. The van der Waals surface area contributed by atoms with Gasteiger partial charge in [0.05, 0.1) is 11.2 Å². The van der Waals surface area contributed by atoms with Crippen LogP contribution in [0.4, 0.5) is 4.39 Å². The van der Waals surface area contributed by atoms with Crippen molar-refractivity contribution in [2.45, 2.75) is 6.92 Å². The van der Waals surface area contributed by atoms with E-state index in [1.54, 1.807) is 6.07 Å². The van der Waals surface area contributed by atoms with Crippen LogP contribution in [0.5, 0.6) is 0 Å². The fraction of sp³-hybridized carbons (Fsp3) is 0.0625. The highest BCUT2D eigenvalue weighted by Crippen LogP contribution is 2.20. The molecule has 4 nitrogen and oxygen atoms in total. The molecule has 7 heteroatoms. The molecule has 0 unspecified atom stereocenters. The van der Waals surface area contributed by atoms with Crippen LogP contribution in [0.15, 0.2) is 47.6 Å². The third-order valence-corrected chi connectivity index (χ3v) is 3.82. The lowest BCUT2D eigenvalue weighted by molar-refractivity contribution is 0.625. The van der Waals surface area contributed by atoms with Gasteiger partial charge >= 0.3 is 0 Å². The lowest BCUT2D eigenvalue weighted by Crippen LogP contribution is -1.97. The molecule has 0 aliphatic carbocycles. The molecular formula is C16H12ClFN4S. The average Bonchev–Trinajstić information content (AvgIpc) is 2.88. The van der Waals surface area contributed by atoms with Crippen LogP contribution in [-0.2, 0) is 0 Å². The molecule has 0 atom stereocenters. The van der Waals surface area contributed by atoms with Gasteiger partial charge in [-0.05, 0) is 37.3 Å². The van der Waals surface area contributed by atoms with E-state index in [0.29, 0.717) is 10.6 Å². The van der Waals surface area contributed by atoms with E-state index in [0.717, 1.165) is 11.1 Å². The van der Waals surface area contributed by atoms with Crippen LogP contribution in [0.25, 0.3) is 11.4 Å². The molecule has 0 amide bonds. The van der Waals surface area contributed by atoms with Crippen LogP contribution in [0.1, 0.15) is 11.1 Å². The summed E-state index contributed by atoms with van der Waals surface area (Å²) in [5, 5.41) is 11.4. The summed E-state index contributed by atoms with van der Waals surface area (Å²) in [6.07, 6.45) is 1.34. The summed E-state index contributed by atoms with van der Waals surface area (Å²) >= 11 is 11.2. The highest BCUT2D eigenvalue weighted by atomic mass is 35.5. The number of hydrogen-bond acceptors (Lipinski definition) is 3. The zero-order valence-electron chi connectivity index (χ0n) is 12.1. The van der Waals surface area contributed by atoms with Crippen molar-refractivity contribution in [1.29, 1.82) is 0 Å². The first-order valence-electron chi connectivity index (χ1n) is 6.79. The maximum absolute atomic E-state index is 13.8. The van der Waals surface area contributed by atoms with E-state index >= 15 is 0 Å². The van der Waals surface area contributed by atoms with E-state index in [4.69, 9.17) is 23.8 Å². The summed E-state index contributed by atoms with van der Waals surface area (Å²) in [6, 6.07) is 12.2. The molecule has 1 N–H and O–H groups in total. The molecule has 0 bridgehead atoms. The second-order valence-electron chi connectivity index (χ2n) is 4.91. The highest BCUT2D eigenvalue weighted by molar-refractivity contribution is 7.71. The van der Waals surface area contributed by atoms with E-state index in [1.165, 1.54) is 23.0 Å². The van der Waals surface area contributed by atoms with Crippen LogP contribution in [0, 0.1) is 17.5 Å². The predicted octanol–water partition coefficient (Wildman–Crippen LogP) is 4.59. The Kier molecular flexibility index (Phi) is 4.36. The summed E-state index contributed by atoms with van der Waals surface area (Å²) in [6.45, 7) is 1.98. The van der Waals surface area contributed by atoms with Crippen molar-refractivity contribution in [3.8, 4) is 11.4 Å². The van der Waals surface area contributed by atoms with E-state index in [1.807, 2.05) is 31.2 Å². The van der Waals surface area contributed by atoms with Gasteiger partial charge in [0.2, 0.25) is 4.77 Å². The minimum Gasteiger partial charge on any atom is -0.250 e. The number of benzene rings is 2. The van der Waals surface area contributed by atoms with Gasteiger partial charge in [-0.25, -0.2) is 9.49 Å². The van der Waals surface area contributed by atoms with Crippen molar-refractivity contribution in [1.82, 2.24) is 14.9 Å². The quantitative estimate of drug-likeness (QED) is 0.557. The number of aromatic nitrogens is 3. The fourth-order valence-corrected chi connectivity index (χ4v) is 2.51. The first-order valence-corrected chi connectivity index (χ1v) is 7.57. The van der Waals surface area contributed by atoms with Crippen molar-refractivity contribution < 1.29 is 4.39 Å². The Bertz CT molecular complexity index is 925. The Morgan fingerprint density at radius 3 is 2.83 bits per heavy atom. The van der Waals surface area contributed by atoms with Crippen molar-refractivity contribution in [3.63, 3.8) is 0 Å². The number of aryl methyl sites for hydroxylation is 1. The van der Waals surface area contributed by atoms with Crippen LogP contribution >= 0.6 is 23.8 Å². The summed E-state index contributed by atoms with van der Waals surface area (Å²) in [4.78, 5) is 0. The summed E-state index contributed by atoms with van der Waals surface area (Å²) in [7, 11) is 0. The molecule has 1 aromatic heterocycles. The van der Waals surface area contributed by atoms with Gasteiger partial charge in [0.25, 0.3) is 0 Å². The molecule has 2 aromatic carbocycles. The molecule has 1 heterocycles. The van der Waals surface area contributed by atoms with Gasteiger partial charge in [0, 0.05) is 11.1 Å². The second-order valence-corrected chi connectivity index (χ2v) is 5.71. The summed E-state index contributed by atoms with van der Waals surface area (Å²) in [5.41, 5.74) is 2.14. The van der Waals surface area contributed by atoms with Gasteiger partial charge < -0.3 is 0 Å². The first-order chi connectivity index (χ1) is 11.1. The number of H-pyrrole nitrogens is 1. The minimum atomic E-state index is -0.451. The monoisotopic (exact) mass is 346 g/mol. The molecule has 0 aliphatic rings. The fourth-order valence-electron chi connectivity index (χ4n) is 2.12. The van der Waals surface area contributed by atoms with Gasteiger partial charge in [-0.2, -0.15) is 14.9 Å². The van der Waals surface area contributed by atoms with Gasteiger partial charge in [-0.15, -0.1) is 0 Å². The van der Waals surface area contributed by atoms with E-state index in [9.17, 15) is 4.39 Å². The van der Waals surface area contributed by atoms with Crippen LogP contribution in [-0.4, -0.2) is 21.1 Å². The number of aromatic amines is 1. The van der Waals surface area contributed by atoms with Crippen LogP contribution in [0.2, 0.25) is 5.02 Å². The maximum Gasteiger partial charge on any atom is 0.216 e. The molecule has 0 radical (unpaired) electrons. The standard InChI is InChI=1S/C16H12ClFN4S/c1-10-4-2-5-11(8-10)15-20-21-16(23)22(15)19-9-12-13(17)6-3-7-14(12)18/h2-9H,1H3,(H,21,23)/b19-9-. The molecule has 3 rings (SSSR count). The summed E-state index contributed by atoms with van der Waals surface area (Å²) < 4.78 is 15.6. The normalized spacial score (nSPS) is 11.3. The SMILES string of the molecule is Cc1cccc(-c2n[nH]c(=S)n2/N=C\c2c(F)cccc2Cl)c1. The Morgan fingerprint density at radius 1 is 1.30 bits per heavy atom. The Balaban J connectivity index is 2.06. The molecule has 0 aliphatic heterocycles. The molecule has 23 heavy (non-hydrogen) atoms. The van der Waals surface area contributed by atoms with Crippen molar-refractivity contribution in [3.05, 3.63) is 69.2 Å². The largest absolute Gasteiger partial charge is 0.250 e. The molecule has 3 aromatic rings. The first kappa shape index (κ1) is 15.6. The topological polar surface area (TPSA) is 46.0 Å². The highest BCUT2D eigenvalue weighted by Gasteiger charge is 2.09. The van der Waals surface area contributed by atoms with E-state index in [-0.39, 0.29) is 10.6 Å². The lowest BCUT2D eigenvalue weighted by Gasteiger charge is -2.03. The van der Waals surface area contributed by atoms with Gasteiger partial charge in [-0.1, -0.05) is 41.4 Å². The predicted molar refractivity (Wildman–Crippen MR) is 92.0 cm³/mol. The average molecular weight is 347 g/mol. The van der Waals surface area contributed by atoms with Gasteiger partial charge in [0.15, 0.2) is 5.82 Å². The molecule has 0 saturated carbocycles. The molecule has 0 spiro atoms. The number of nitrogens with zero attached hydrogens (tertiary/aromatic N) is 3. The molecule has 0 fully saturated rings. The zero-order valence-corrected chi connectivity index (χ0v) is 13.7. The number of hydrogen-bond donors (Lipinski definition) is 1. The minimum absolute atomic E-state index is 0.201. The molecular weight excluding hydrogens is 335 g/mol. The lowest BCUT2D eigenvalue weighted by atomic mass is 10.1.